The van der Waals surface area contributed by atoms with Crippen molar-refractivity contribution in [2.24, 2.45) is 0 Å². The lowest BCUT2D eigenvalue weighted by Gasteiger charge is -2.07. The minimum atomic E-state index is 0.465. The van der Waals surface area contributed by atoms with Gasteiger partial charge in [0.2, 0.25) is 0 Å². The number of rotatable bonds is 6. The first-order chi connectivity index (χ1) is 12.9. The van der Waals surface area contributed by atoms with Crippen LogP contribution in [0.4, 0.5) is 0 Å². The van der Waals surface area contributed by atoms with E-state index in [1.54, 1.807) is 12.4 Å². The highest BCUT2D eigenvalue weighted by atomic mass is 16.5. The molecule has 0 spiro atoms. The van der Waals surface area contributed by atoms with Gasteiger partial charge in [-0.2, -0.15) is 0 Å². The summed E-state index contributed by atoms with van der Waals surface area (Å²) in [4.78, 5) is 8.77. The van der Waals surface area contributed by atoms with Crippen molar-refractivity contribution in [1.82, 2.24) is 9.97 Å². The van der Waals surface area contributed by atoms with Crippen molar-refractivity contribution < 1.29 is 9.47 Å². The van der Waals surface area contributed by atoms with Crippen LogP contribution in [0.1, 0.15) is 0 Å². The van der Waals surface area contributed by atoms with Gasteiger partial charge in [-0.05, 0) is 36.4 Å². The lowest BCUT2D eigenvalue weighted by Crippen LogP contribution is -1.98. The monoisotopic (exact) mass is 342 g/mol. The summed E-state index contributed by atoms with van der Waals surface area (Å²) >= 11 is 0. The van der Waals surface area contributed by atoms with Crippen LogP contribution in [0, 0.1) is 0 Å². The van der Waals surface area contributed by atoms with E-state index in [9.17, 15) is 0 Å². The molecule has 0 amide bonds. The average Bonchev–Trinajstić information content (AvgIpc) is 2.71. The van der Waals surface area contributed by atoms with E-state index < -0.39 is 0 Å². The van der Waals surface area contributed by atoms with E-state index >= 15 is 0 Å². The normalized spacial score (nSPS) is 11.2. The Hall–Kier alpha value is -3.40. The number of hydrogen-bond acceptors (Lipinski definition) is 4. The third kappa shape index (κ3) is 3.49. The van der Waals surface area contributed by atoms with Crippen molar-refractivity contribution in [3.8, 4) is 11.5 Å². The van der Waals surface area contributed by atoms with Crippen LogP contribution in [0.2, 0.25) is 0 Å². The first kappa shape index (κ1) is 16.1. The van der Waals surface area contributed by atoms with E-state index in [-0.39, 0.29) is 0 Å². The van der Waals surface area contributed by atoms with Gasteiger partial charge in [-0.15, -0.1) is 0 Å². The lowest BCUT2D eigenvalue weighted by molar-refractivity contribution is 0.354. The van der Waals surface area contributed by atoms with Gasteiger partial charge in [0, 0.05) is 23.2 Å². The maximum atomic E-state index is 5.82. The SMILES string of the molecule is C(=CCOc1cccc2cccnc12)COc1cccc2cccnc12. The second kappa shape index (κ2) is 7.66. The number of aromatic nitrogens is 2. The Morgan fingerprint density at radius 2 is 1.08 bits per heavy atom. The minimum absolute atomic E-state index is 0.465. The fourth-order valence-electron chi connectivity index (χ4n) is 2.80. The van der Waals surface area contributed by atoms with E-state index in [1.807, 2.05) is 72.8 Å². The molecule has 4 heteroatoms. The Bertz CT molecular complexity index is 964. The van der Waals surface area contributed by atoms with Gasteiger partial charge < -0.3 is 9.47 Å². The first-order valence-electron chi connectivity index (χ1n) is 8.50. The Balaban J connectivity index is 1.34. The molecule has 0 saturated carbocycles. The molecule has 128 valence electrons. The van der Waals surface area contributed by atoms with Crippen LogP contribution < -0.4 is 9.47 Å². The predicted octanol–water partition coefficient (Wildman–Crippen LogP) is 4.80. The number of para-hydroxylation sites is 2. The number of nitrogens with zero attached hydrogens (tertiary/aromatic N) is 2. The molecule has 0 saturated heterocycles. The number of benzene rings is 2. The van der Waals surface area contributed by atoms with Gasteiger partial charge in [0.1, 0.15) is 35.7 Å². The van der Waals surface area contributed by atoms with Crippen LogP contribution in [0.15, 0.2) is 85.2 Å². The number of pyridine rings is 2. The summed E-state index contributed by atoms with van der Waals surface area (Å²) < 4.78 is 11.6. The molecule has 4 nitrogen and oxygen atoms in total. The van der Waals surface area contributed by atoms with E-state index in [4.69, 9.17) is 9.47 Å². The van der Waals surface area contributed by atoms with Crippen LogP contribution in [-0.2, 0) is 0 Å². The van der Waals surface area contributed by atoms with Gasteiger partial charge in [-0.25, -0.2) is 0 Å². The van der Waals surface area contributed by atoms with Crippen LogP contribution in [0.3, 0.4) is 0 Å². The molecular weight excluding hydrogens is 324 g/mol. The topological polar surface area (TPSA) is 44.2 Å². The molecule has 0 N–H and O–H groups in total. The molecule has 26 heavy (non-hydrogen) atoms. The summed E-state index contributed by atoms with van der Waals surface area (Å²) in [5, 5.41) is 2.14. The van der Waals surface area contributed by atoms with Crippen molar-refractivity contribution in [3.05, 3.63) is 85.2 Å². The van der Waals surface area contributed by atoms with Crippen molar-refractivity contribution in [2.45, 2.75) is 0 Å². The summed E-state index contributed by atoms with van der Waals surface area (Å²) in [6, 6.07) is 19.8. The lowest BCUT2D eigenvalue weighted by atomic mass is 10.2. The van der Waals surface area contributed by atoms with Gasteiger partial charge in [0.05, 0.1) is 0 Å². The average molecular weight is 342 g/mol. The molecule has 4 rings (SSSR count). The molecule has 0 aliphatic rings. The van der Waals surface area contributed by atoms with Gasteiger partial charge in [0.25, 0.3) is 0 Å². The molecule has 0 bridgehead atoms. The second-order valence-corrected chi connectivity index (χ2v) is 5.76. The quantitative estimate of drug-likeness (QED) is 0.472. The van der Waals surface area contributed by atoms with Crippen LogP contribution in [0.25, 0.3) is 21.8 Å². The molecule has 0 aliphatic heterocycles. The van der Waals surface area contributed by atoms with E-state index in [2.05, 4.69) is 9.97 Å². The maximum absolute atomic E-state index is 5.82. The van der Waals surface area contributed by atoms with Crippen LogP contribution in [-0.4, -0.2) is 23.2 Å². The highest BCUT2D eigenvalue weighted by molar-refractivity contribution is 5.84. The largest absolute Gasteiger partial charge is 0.487 e. The van der Waals surface area contributed by atoms with Gasteiger partial charge >= 0.3 is 0 Å². The maximum Gasteiger partial charge on any atom is 0.145 e. The molecule has 0 aliphatic carbocycles. The van der Waals surface area contributed by atoms with Crippen molar-refractivity contribution in [3.63, 3.8) is 0 Å². The van der Waals surface area contributed by atoms with E-state index in [0.717, 1.165) is 33.3 Å². The summed E-state index contributed by atoms with van der Waals surface area (Å²) in [6.45, 7) is 0.930. The zero-order valence-electron chi connectivity index (χ0n) is 14.2. The molecule has 2 aromatic heterocycles. The first-order valence-corrected chi connectivity index (χ1v) is 8.50. The number of fused-ring (bicyclic) bond motifs is 2. The third-order valence-corrected chi connectivity index (χ3v) is 4.03. The summed E-state index contributed by atoms with van der Waals surface area (Å²) in [6.07, 6.45) is 7.44. The predicted molar refractivity (Wildman–Crippen MR) is 104 cm³/mol. The van der Waals surface area contributed by atoms with Crippen molar-refractivity contribution in [1.29, 1.82) is 0 Å². The Morgan fingerprint density at radius 1 is 0.615 bits per heavy atom. The van der Waals surface area contributed by atoms with Gasteiger partial charge in [-0.1, -0.05) is 36.4 Å². The molecule has 0 atom stereocenters. The second-order valence-electron chi connectivity index (χ2n) is 5.76. The zero-order valence-corrected chi connectivity index (χ0v) is 14.2. The molecule has 0 fully saturated rings. The van der Waals surface area contributed by atoms with Crippen LogP contribution >= 0.6 is 0 Å². The molecule has 2 heterocycles. The van der Waals surface area contributed by atoms with Crippen LogP contribution in [0.5, 0.6) is 11.5 Å². The zero-order chi connectivity index (χ0) is 17.6. The van der Waals surface area contributed by atoms with Crippen molar-refractivity contribution >= 4 is 21.8 Å². The Labute approximate surface area is 151 Å². The minimum Gasteiger partial charge on any atom is -0.487 e. The van der Waals surface area contributed by atoms with E-state index in [1.165, 1.54) is 0 Å². The fraction of sp³-hybridized carbons (Fsp3) is 0.0909. The smallest absolute Gasteiger partial charge is 0.145 e. The molecule has 0 unspecified atom stereocenters. The Kier molecular flexibility index (Phi) is 4.74. The molecule has 4 aromatic rings. The van der Waals surface area contributed by atoms with Crippen molar-refractivity contribution in [2.75, 3.05) is 13.2 Å². The standard InChI is InChI=1S/C22H18N2O2/c1(15-25-19-11-3-7-17-9-5-13-23-21(17)19)2-16-26-20-12-4-8-18-10-6-14-24-22(18)20/h1-14H,15-16H2. The summed E-state index contributed by atoms with van der Waals surface area (Å²) in [5.41, 5.74) is 1.75. The van der Waals surface area contributed by atoms with Gasteiger partial charge in [0.15, 0.2) is 0 Å². The summed E-state index contributed by atoms with van der Waals surface area (Å²) in [7, 11) is 0. The number of ether oxygens (including phenoxy) is 2. The van der Waals surface area contributed by atoms with E-state index in [0.29, 0.717) is 13.2 Å². The highest BCUT2D eigenvalue weighted by Crippen LogP contribution is 2.23. The van der Waals surface area contributed by atoms with Gasteiger partial charge in [-0.3, -0.25) is 9.97 Å². The summed E-state index contributed by atoms with van der Waals surface area (Å²) in [5.74, 6) is 1.57. The molecule has 0 radical (unpaired) electrons. The Morgan fingerprint density at radius 3 is 1.58 bits per heavy atom. The fourth-order valence-corrected chi connectivity index (χ4v) is 2.80. The highest BCUT2D eigenvalue weighted by Gasteiger charge is 2.02. The number of hydrogen-bond donors (Lipinski definition) is 0. The molecular formula is C22H18N2O2. The molecule has 2 aromatic carbocycles. The third-order valence-electron chi connectivity index (χ3n) is 4.03.